The maximum atomic E-state index is 10.9. The quantitative estimate of drug-likeness (QED) is 0.924. The molecule has 0 spiro atoms. The van der Waals surface area contributed by atoms with Gasteiger partial charge < -0.3 is 5.11 Å². The van der Waals surface area contributed by atoms with E-state index in [2.05, 4.69) is 25.9 Å². The average molecular weight is 314 g/mol. The summed E-state index contributed by atoms with van der Waals surface area (Å²) in [5.41, 5.74) is 0.513. The summed E-state index contributed by atoms with van der Waals surface area (Å²) in [5, 5.41) is 9.43. The van der Waals surface area contributed by atoms with Crippen molar-refractivity contribution in [3.8, 4) is 11.4 Å². The van der Waals surface area contributed by atoms with E-state index in [9.17, 15) is 4.79 Å². The molecule has 1 aromatic carbocycles. The Morgan fingerprint density at radius 2 is 2.06 bits per heavy atom. The zero-order valence-electron chi connectivity index (χ0n) is 8.39. The molecule has 4 nitrogen and oxygen atoms in total. The van der Waals surface area contributed by atoms with Crippen molar-refractivity contribution in [1.29, 1.82) is 0 Å². The topological polar surface area (TPSA) is 63.1 Å². The maximum absolute atomic E-state index is 10.9. The monoisotopic (exact) mass is 312 g/mol. The van der Waals surface area contributed by atoms with Gasteiger partial charge in [0.05, 0.1) is 9.50 Å². The van der Waals surface area contributed by atoms with E-state index in [1.165, 1.54) is 6.20 Å². The minimum absolute atomic E-state index is 0.0880. The van der Waals surface area contributed by atoms with Crippen molar-refractivity contribution in [3.05, 3.63) is 45.7 Å². The van der Waals surface area contributed by atoms with E-state index >= 15 is 0 Å². The first-order valence-electron chi connectivity index (χ1n) is 4.60. The van der Waals surface area contributed by atoms with Gasteiger partial charge in [-0.2, -0.15) is 0 Å². The van der Waals surface area contributed by atoms with Crippen molar-refractivity contribution in [3.63, 3.8) is 0 Å². The number of carbonyl (C=O) groups is 1. The second kappa shape index (κ2) is 4.81. The fourth-order valence-corrected chi connectivity index (χ4v) is 1.87. The second-order valence-electron chi connectivity index (χ2n) is 3.18. The molecule has 0 atom stereocenters. The first-order valence-corrected chi connectivity index (χ1v) is 5.77. The van der Waals surface area contributed by atoms with Crippen LogP contribution < -0.4 is 0 Å². The molecular formula is C11H6BrClN2O2. The van der Waals surface area contributed by atoms with Crippen LogP contribution in [0.15, 0.2) is 34.9 Å². The number of aromatic carboxylic acids is 1. The molecule has 0 radical (unpaired) electrons. The highest BCUT2D eigenvalue weighted by Crippen LogP contribution is 2.26. The standard InChI is InChI=1S/C11H6BrClN2O2/c12-7-5-14-10(15-9(7)11(16)17)6-3-1-2-4-8(6)13/h1-5H,(H,16,17). The third-order valence-corrected chi connectivity index (χ3v) is 2.97. The summed E-state index contributed by atoms with van der Waals surface area (Å²) in [6.07, 6.45) is 1.40. The van der Waals surface area contributed by atoms with Gasteiger partial charge in [-0.1, -0.05) is 23.7 Å². The maximum Gasteiger partial charge on any atom is 0.355 e. The van der Waals surface area contributed by atoms with Gasteiger partial charge in [0, 0.05) is 11.8 Å². The fourth-order valence-electron chi connectivity index (χ4n) is 1.29. The third-order valence-electron chi connectivity index (χ3n) is 2.06. The van der Waals surface area contributed by atoms with Gasteiger partial charge in [-0.3, -0.25) is 0 Å². The van der Waals surface area contributed by atoms with Gasteiger partial charge in [0.15, 0.2) is 11.5 Å². The van der Waals surface area contributed by atoms with Crippen molar-refractivity contribution in [2.45, 2.75) is 0 Å². The van der Waals surface area contributed by atoms with Crippen molar-refractivity contribution >= 4 is 33.5 Å². The van der Waals surface area contributed by atoms with Crippen LogP contribution in [-0.2, 0) is 0 Å². The first-order chi connectivity index (χ1) is 8.09. The van der Waals surface area contributed by atoms with Crippen LogP contribution in [0.3, 0.4) is 0 Å². The molecule has 86 valence electrons. The number of hydrogen-bond acceptors (Lipinski definition) is 3. The van der Waals surface area contributed by atoms with Gasteiger partial charge in [-0.25, -0.2) is 14.8 Å². The molecule has 17 heavy (non-hydrogen) atoms. The summed E-state index contributed by atoms with van der Waals surface area (Å²) in [6, 6.07) is 7.00. The van der Waals surface area contributed by atoms with E-state index in [1.54, 1.807) is 24.3 Å². The fraction of sp³-hybridized carbons (Fsp3) is 0. The lowest BCUT2D eigenvalue weighted by Crippen LogP contribution is -2.04. The number of benzene rings is 1. The number of nitrogens with zero attached hydrogens (tertiary/aromatic N) is 2. The second-order valence-corrected chi connectivity index (χ2v) is 4.44. The highest BCUT2D eigenvalue weighted by Gasteiger charge is 2.14. The highest BCUT2D eigenvalue weighted by molar-refractivity contribution is 9.10. The van der Waals surface area contributed by atoms with Gasteiger partial charge in [0.2, 0.25) is 0 Å². The predicted molar refractivity (Wildman–Crippen MR) is 67.1 cm³/mol. The Bertz CT molecular complexity index is 589. The summed E-state index contributed by atoms with van der Waals surface area (Å²) in [5.74, 6) is -0.830. The Morgan fingerprint density at radius 1 is 1.35 bits per heavy atom. The van der Waals surface area contributed by atoms with Crippen LogP contribution in [0.2, 0.25) is 5.02 Å². The number of carboxylic acid groups (broad SMARTS) is 1. The van der Waals surface area contributed by atoms with Crippen LogP contribution in [0.5, 0.6) is 0 Å². The summed E-state index contributed by atoms with van der Waals surface area (Å²) in [4.78, 5) is 18.9. The molecular weight excluding hydrogens is 307 g/mol. The van der Waals surface area contributed by atoms with E-state index in [-0.39, 0.29) is 11.5 Å². The van der Waals surface area contributed by atoms with E-state index in [1.807, 2.05) is 0 Å². The zero-order chi connectivity index (χ0) is 12.4. The van der Waals surface area contributed by atoms with Gasteiger partial charge in [-0.15, -0.1) is 0 Å². The summed E-state index contributed by atoms with van der Waals surface area (Å²) < 4.78 is 0.334. The lowest BCUT2D eigenvalue weighted by Gasteiger charge is -2.04. The third kappa shape index (κ3) is 2.45. The number of halogens is 2. The number of carboxylic acids is 1. The number of aromatic nitrogens is 2. The molecule has 0 aliphatic rings. The molecule has 1 heterocycles. The smallest absolute Gasteiger partial charge is 0.355 e. The molecule has 0 saturated heterocycles. The van der Waals surface area contributed by atoms with Crippen molar-refractivity contribution in [2.24, 2.45) is 0 Å². The SMILES string of the molecule is O=C(O)c1nc(-c2ccccc2Cl)ncc1Br. The van der Waals surface area contributed by atoms with Gasteiger partial charge >= 0.3 is 5.97 Å². The summed E-state index contributed by atoms with van der Waals surface area (Å²) >= 11 is 9.07. The molecule has 0 aliphatic heterocycles. The van der Waals surface area contributed by atoms with Crippen LogP contribution in [0.1, 0.15) is 10.5 Å². The zero-order valence-corrected chi connectivity index (χ0v) is 10.7. The van der Waals surface area contributed by atoms with E-state index in [4.69, 9.17) is 16.7 Å². The minimum Gasteiger partial charge on any atom is -0.476 e. The summed E-state index contributed by atoms with van der Waals surface area (Å²) in [6.45, 7) is 0. The van der Waals surface area contributed by atoms with Crippen LogP contribution in [0.4, 0.5) is 0 Å². The number of rotatable bonds is 2. The molecule has 1 N–H and O–H groups in total. The summed E-state index contributed by atoms with van der Waals surface area (Å²) in [7, 11) is 0. The minimum atomic E-state index is -1.12. The molecule has 6 heteroatoms. The van der Waals surface area contributed by atoms with Crippen LogP contribution in [-0.4, -0.2) is 21.0 Å². The Morgan fingerprint density at radius 3 is 2.71 bits per heavy atom. The van der Waals surface area contributed by atoms with E-state index in [0.29, 0.717) is 15.1 Å². The van der Waals surface area contributed by atoms with Crippen molar-refractivity contribution in [2.75, 3.05) is 0 Å². The normalized spacial score (nSPS) is 10.2. The van der Waals surface area contributed by atoms with Gasteiger partial charge in [0.25, 0.3) is 0 Å². The van der Waals surface area contributed by atoms with Crippen LogP contribution in [0, 0.1) is 0 Å². The van der Waals surface area contributed by atoms with Crippen LogP contribution in [0.25, 0.3) is 11.4 Å². The molecule has 0 amide bonds. The Balaban J connectivity index is 2.58. The van der Waals surface area contributed by atoms with Crippen LogP contribution >= 0.6 is 27.5 Å². The highest BCUT2D eigenvalue weighted by atomic mass is 79.9. The predicted octanol–water partition coefficient (Wildman–Crippen LogP) is 3.26. The lowest BCUT2D eigenvalue weighted by atomic mass is 10.2. The molecule has 0 unspecified atom stereocenters. The molecule has 0 bridgehead atoms. The Kier molecular flexibility index (Phi) is 3.40. The molecule has 2 rings (SSSR count). The number of hydrogen-bond donors (Lipinski definition) is 1. The largest absolute Gasteiger partial charge is 0.476 e. The lowest BCUT2D eigenvalue weighted by molar-refractivity contribution is 0.0689. The average Bonchev–Trinajstić information content (AvgIpc) is 2.30. The van der Waals surface area contributed by atoms with Crippen molar-refractivity contribution in [1.82, 2.24) is 9.97 Å². The molecule has 0 aliphatic carbocycles. The molecule has 2 aromatic rings. The molecule has 0 fully saturated rings. The molecule has 1 aromatic heterocycles. The van der Waals surface area contributed by atoms with Crippen molar-refractivity contribution < 1.29 is 9.90 Å². The van der Waals surface area contributed by atoms with E-state index in [0.717, 1.165) is 0 Å². The Hall–Kier alpha value is -1.46. The van der Waals surface area contributed by atoms with E-state index < -0.39 is 5.97 Å². The molecule has 0 saturated carbocycles. The van der Waals surface area contributed by atoms with Gasteiger partial charge in [-0.05, 0) is 28.1 Å². The Labute approximate surface area is 110 Å². The van der Waals surface area contributed by atoms with Gasteiger partial charge in [0.1, 0.15) is 0 Å². The first kappa shape index (κ1) is 12.0.